The van der Waals surface area contributed by atoms with Crippen LogP contribution in [0.1, 0.15) is 47.5 Å². The summed E-state index contributed by atoms with van der Waals surface area (Å²) in [6.45, 7) is 15.4. The highest BCUT2D eigenvalue weighted by Gasteiger charge is 2.25. The summed E-state index contributed by atoms with van der Waals surface area (Å²) in [6.07, 6.45) is 1.78. The normalized spacial score (nSPS) is 20.8. The Hall–Kier alpha value is -0.610. The van der Waals surface area contributed by atoms with Crippen LogP contribution in [0.15, 0.2) is 0 Å². The molecule has 0 saturated carbocycles. The number of hydrogen-bond donors (Lipinski definition) is 1. The van der Waals surface area contributed by atoms with Crippen molar-refractivity contribution in [1.82, 2.24) is 9.80 Å². The van der Waals surface area contributed by atoms with Gasteiger partial charge in [-0.05, 0) is 24.7 Å². The minimum Gasteiger partial charge on any atom is -0.340 e. The van der Waals surface area contributed by atoms with Crippen molar-refractivity contribution in [2.75, 3.05) is 32.7 Å². The van der Waals surface area contributed by atoms with Gasteiger partial charge in [-0.2, -0.15) is 0 Å². The lowest BCUT2D eigenvalue weighted by Crippen LogP contribution is -2.53. The van der Waals surface area contributed by atoms with E-state index < -0.39 is 0 Å². The van der Waals surface area contributed by atoms with Crippen LogP contribution in [0.4, 0.5) is 0 Å². The zero-order valence-electron chi connectivity index (χ0n) is 14.0. The van der Waals surface area contributed by atoms with Crippen LogP contribution < -0.4 is 5.73 Å². The average molecular weight is 283 g/mol. The van der Waals surface area contributed by atoms with Crippen molar-refractivity contribution in [2.45, 2.75) is 53.5 Å². The smallest absolute Gasteiger partial charge is 0.222 e. The van der Waals surface area contributed by atoms with Gasteiger partial charge in [-0.15, -0.1) is 0 Å². The van der Waals surface area contributed by atoms with E-state index in [0.29, 0.717) is 36.2 Å². The predicted molar refractivity (Wildman–Crippen MR) is 84.5 cm³/mol. The Labute approximate surface area is 124 Å². The first-order valence-corrected chi connectivity index (χ1v) is 7.95. The van der Waals surface area contributed by atoms with Gasteiger partial charge in [0, 0.05) is 45.2 Å². The first kappa shape index (κ1) is 17.4. The van der Waals surface area contributed by atoms with E-state index in [2.05, 4.69) is 39.5 Å². The van der Waals surface area contributed by atoms with Crippen LogP contribution in [0.2, 0.25) is 0 Å². The van der Waals surface area contributed by atoms with Crippen LogP contribution in [-0.4, -0.2) is 54.5 Å². The maximum absolute atomic E-state index is 12.3. The van der Waals surface area contributed by atoms with Gasteiger partial charge < -0.3 is 10.6 Å². The topological polar surface area (TPSA) is 49.6 Å². The van der Waals surface area contributed by atoms with Gasteiger partial charge in [-0.25, -0.2) is 0 Å². The van der Waals surface area contributed by atoms with Gasteiger partial charge in [0.15, 0.2) is 0 Å². The fourth-order valence-electron chi connectivity index (χ4n) is 3.11. The largest absolute Gasteiger partial charge is 0.340 e. The van der Waals surface area contributed by atoms with Crippen LogP contribution in [0, 0.1) is 11.3 Å². The van der Waals surface area contributed by atoms with Crippen molar-refractivity contribution in [3.8, 4) is 0 Å². The molecule has 4 nitrogen and oxygen atoms in total. The Morgan fingerprint density at radius 3 is 2.15 bits per heavy atom. The second kappa shape index (κ2) is 7.41. The molecule has 0 aromatic heterocycles. The zero-order valence-corrected chi connectivity index (χ0v) is 14.0. The Morgan fingerprint density at radius 2 is 1.70 bits per heavy atom. The van der Waals surface area contributed by atoms with E-state index in [9.17, 15) is 4.79 Å². The van der Waals surface area contributed by atoms with Gasteiger partial charge in [-0.1, -0.05) is 27.7 Å². The van der Waals surface area contributed by atoms with Gasteiger partial charge in [0.05, 0.1) is 0 Å². The summed E-state index contributed by atoms with van der Waals surface area (Å²) in [5, 5.41) is 0. The van der Waals surface area contributed by atoms with E-state index in [1.807, 2.05) is 4.90 Å². The monoisotopic (exact) mass is 283 g/mol. The van der Waals surface area contributed by atoms with Crippen molar-refractivity contribution >= 4 is 5.91 Å². The number of amides is 1. The lowest BCUT2D eigenvalue weighted by molar-refractivity contribution is -0.134. The summed E-state index contributed by atoms with van der Waals surface area (Å²) in [5.41, 5.74) is 6.00. The molecule has 1 aliphatic rings. The highest BCUT2D eigenvalue weighted by Crippen LogP contribution is 2.26. The van der Waals surface area contributed by atoms with Crippen molar-refractivity contribution < 1.29 is 4.79 Å². The molecule has 0 spiro atoms. The predicted octanol–water partition coefficient (Wildman–Crippen LogP) is 1.94. The van der Waals surface area contributed by atoms with E-state index >= 15 is 0 Å². The van der Waals surface area contributed by atoms with E-state index in [1.54, 1.807) is 0 Å². The molecule has 1 aliphatic heterocycles. The number of carbonyl (C=O) groups is 1. The van der Waals surface area contributed by atoms with Crippen LogP contribution in [0.3, 0.4) is 0 Å². The van der Waals surface area contributed by atoms with Crippen molar-refractivity contribution in [3.05, 3.63) is 0 Å². The van der Waals surface area contributed by atoms with E-state index in [-0.39, 0.29) is 0 Å². The van der Waals surface area contributed by atoms with Gasteiger partial charge in [0.1, 0.15) is 0 Å². The highest BCUT2D eigenvalue weighted by atomic mass is 16.2. The molecule has 2 atom stereocenters. The third-order valence-corrected chi connectivity index (χ3v) is 4.12. The number of rotatable bonds is 5. The molecule has 118 valence electrons. The molecule has 4 heteroatoms. The van der Waals surface area contributed by atoms with Crippen molar-refractivity contribution in [1.29, 1.82) is 0 Å². The van der Waals surface area contributed by atoms with Gasteiger partial charge >= 0.3 is 0 Å². The third kappa shape index (κ3) is 5.80. The Morgan fingerprint density at radius 1 is 1.15 bits per heavy atom. The fraction of sp³-hybridized carbons (Fsp3) is 0.938. The van der Waals surface area contributed by atoms with E-state index in [4.69, 9.17) is 5.73 Å². The molecule has 0 aliphatic carbocycles. The number of nitrogens with zero attached hydrogens (tertiary/aromatic N) is 2. The summed E-state index contributed by atoms with van der Waals surface area (Å²) in [6, 6.07) is 0.423. The summed E-state index contributed by atoms with van der Waals surface area (Å²) in [4.78, 5) is 16.7. The van der Waals surface area contributed by atoms with Gasteiger partial charge in [-0.3, -0.25) is 9.69 Å². The molecule has 20 heavy (non-hydrogen) atoms. The minimum atomic E-state index is 0.301. The SMILES string of the molecule is CC(CC(=O)N1CCN(C(C)CN)CC1)CC(C)(C)C. The summed E-state index contributed by atoms with van der Waals surface area (Å²) < 4.78 is 0. The number of piperazine rings is 1. The van der Waals surface area contributed by atoms with Crippen LogP contribution in [0.25, 0.3) is 0 Å². The van der Waals surface area contributed by atoms with Crippen molar-refractivity contribution in [3.63, 3.8) is 0 Å². The standard InChI is InChI=1S/C16H33N3O/c1-13(11-16(3,4)5)10-15(20)19-8-6-18(7-9-19)14(2)12-17/h13-14H,6-12,17H2,1-5H3. The third-order valence-electron chi connectivity index (χ3n) is 4.12. The summed E-state index contributed by atoms with van der Waals surface area (Å²) in [5.74, 6) is 0.783. The first-order chi connectivity index (χ1) is 9.23. The van der Waals surface area contributed by atoms with Crippen molar-refractivity contribution in [2.24, 2.45) is 17.1 Å². The second-order valence-electron chi connectivity index (χ2n) is 7.58. The number of carbonyl (C=O) groups excluding carboxylic acids is 1. The maximum atomic E-state index is 12.3. The molecule has 1 rings (SSSR count). The van der Waals surface area contributed by atoms with Crippen LogP contribution in [-0.2, 0) is 4.79 Å². The number of nitrogens with two attached hydrogens (primary N) is 1. The lowest BCUT2D eigenvalue weighted by Gasteiger charge is -2.38. The molecule has 0 aromatic rings. The fourth-order valence-corrected chi connectivity index (χ4v) is 3.11. The molecule has 0 bridgehead atoms. The molecule has 1 fully saturated rings. The highest BCUT2D eigenvalue weighted by molar-refractivity contribution is 5.76. The summed E-state index contributed by atoms with van der Waals surface area (Å²) >= 11 is 0. The van der Waals surface area contributed by atoms with Gasteiger partial charge in [0.25, 0.3) is 0 Å². The minimum absolute atomic E-state index is 0.301. The molecule has 1 heterocycles. The van der Waals surface area contributed by atoms with Crippen LogP contribution >= 0.6 is 0 Å². The first-order valence-electron chi connectivity index (χ1n) is 7.95. The molecule has 2 unspecified atom stereocenters. The quantitative estimate of drug-likeness (QED) is 0.839. The Kier molecular flexibility index (Phi) is 6.46. The average Bonchev–Trinajstić information content (AvgIpc) is 2.35. The molecule has 1 saturated heterocycles. The Balaban J connectivity index is 2.36. The van der Waals surface area contributed by atoms with Gasteiger partial charge in [0.2, 0.25) is 5.91 Å². The molecule has 1 amide bonds. The molecular formula is C16H33N3O. The molecule has 2 N–H and O–H groups in total. The Bertz CT molecular complexity index is 303. The molecule has 0 radical (unpaired) electrons. The number of hydrogen-bond acceptors (Lipinski definition) is 3. The second-order valence-corrected chi connectivity index (χ2v) is 7.58. The maximum Gasteiger partial charge on any atom is 0.222 e. The zero-order chi connectivity index (χ0) is 15.3. The van der Waals surface area contributed by atoms with E-state index in [1.165, 1.54) is 0 Å². The molecular weight excluding hydrogens is 250 g/mol. The van der Waals surface area contributed by atoms with E-state index in [0.717, 1.165) is 32.6 Å². The summed E-state index contributed by atoms with van der Waals surface area (Å²) in [7, 11) is 0. The lowest BCUT2D eigenvalue weighted by atomic mass is 9.84. The van der Waals surface area contributed by atoms with Crippen LogP contribution in [0.5, 0.6) is 0 Å². The molecule has 0 aromatic carbocycles.